The van der Waals surface area contributed by atoms with Crippen molar-refractivity contribution in [2.45, 2.75) is 0 Å². The van der Waals surface area contributed by atoms with Crippen LogP contribution in [0.25, 0.3) is 32.7 Å². The minimum atomic E-state index is 0.169. The molecule has 0 radical (unpaired) electrons. The first kappa shape index (κ1) is 15.5. The van der Waals surface area contributed by atoms with Gasteiger partial charge in [-0.05, 0) is 65.5 Å². The molecule has 2 nitrogen and oxygen atoms in total. The Morgan fingerprint density at radius 3 is 1.38 bits per heavy atom. The van der Waals surface area contributed by atoms with E-state index in [-0.39, 0.29) is 11.5 Å². The second-order valence-corrected chi connectivity index (χ2v) is 7.20. The first-order valence-electron chi connectivity index (χ1n) is 7.38. The first-order valence-corrected chi connectivity index (χ1v) is 8.97. The number of hydrogen-bond acceptors (Lipinski definition) is 2. The monoisotopic (exact) mass is 442 g/mol. The van der Waals surface area contributed by atoms with Gasteiger partial charge < -0.3 is 10.2 Å². The molecule has 0 amide bonds. The maximum absolute atomic E-state index is 10.4. The number of phenols is 2. The van der Waals surface area contributed by atoms with Crippen molar-refractivity contribution in [2.24, 2.45) is 0 Å². The van der Waals surface area contributed by atoms with Crippen molar-refractivity contribution in [3.63, 3.8) is 0 Å². The topological polar surface area (TPSA) is 40.5 Å². The molecule has 24 heavy (non-hydrogen) atoms. The first-order chi connectivity index (χ1) is 11.6. The highest BCUT2D eigenvalue weighted by Gasteiger charge is 2.19. The van der Waals surface area contributed by atoms with Gasteiger partial charge >= 0.3 is 0 Å². The lowest BCUT2D eigenvalue weighted by molar-refractivity contribution is 0.471. The van der Waals surface area contributed by atoms with Crippen molar-refractivity contribution in [1.82, 2.24) is 0 Å². The van der Waals surface area contributed by atoms with Crippen LogP contribution >= 0.6 is 31.9 Å². The summed E-state index contributed by atoms with van der Waals surface area (Å²) in [6.45, 7) is 0. The molecule has 4 heteroatoms. The molecule has 0 aliphatic rings. The number of aromatic hydroxyl groups is 2. The van der Waals surface area contributed by atoms with Crippen molar-refractivity contribution >= 4 is 53.4 Å². The molecule has 0 unspecified atom stereocenters. The number of fused-ring (bicyclic) bond motifs is 2. The predicted molar refractivity (Wildman–Crippen MR) is 106 cm³/mol. The van der Waals surface area contributed by atoms with Crippen LogP contribution in [0.3, 0.4) is 0 Å². The number of halogens is 2. The van der Waals surface area contributed by atoms with Gasteiger partial charge in [0.1, 0.15) is 11.5 Å². The van der Waals surface area contributed by atoms with Gasteiger partial charge in [0, 0.05) is 11.1 Å². The number of phenolic OH excluding ortho intramolecular Hbond substituents is 2. The average Bonchev–Trinajstić information content (AvgIpc) is 2.58. The van der Waals surface area contributed by atoms with Crippen molar-refractivity contribution < 1.29 is 10.2 Å². The third kappa shape index (κ3) is 2.29. The van der Waals surface area contributed by atoms with Crippen LogP contribution in [0.5, 0.6) is 11.5 Å². The second kappa shape index (κ2) is 5.80. The lowest BCUT2D eigenvalue weighted by Crippen LogP contribution is -1.89. The van der Waals surface area contributed by atoms with E-state index in [1.807, 2.05) is 48.5 Å². The normalized spacial score (nSPS) is 11.2. The van der Waals surface area contributed by atoms with E-state index in [2.05, 4.69) is 31.9 Å². The maximum Gasteiger partial charge on any atom is 0.131 e. The fourth-order valence-electron chi connectivity index (χ4n) is 3.10. The van der Waals surface area contributed by atoms with Gasteiger partial charge in [-0.2, -0.15) is 0 Å². The van der Waals surface area contributed by atoms with E-state index < -0.39 is 0 Å². The highest BCUT2D eigenvalue weighted by Crippen LogP contribution is 2.48. The van der Waals surface area contributed by atoms with Crippen LogP contribution in [0.4, 0.5) is 0 Å². The molecule has 0 heterocycles. The Kier molecular flexibility index (Phi) is 3.74. The zero-order chi connectivity index (χ0) is 16.8. The third-order valence-electron chi connectivity index (χ3n) is 4.18. The minimum Gasteiger partial charge on any atom is -0.507 e. The summed E-state index contributed by atoms with van der Waals surface area (Å²) in [5.74, 6) is 0.339. The molecule has 0 bridgehead atoms. The number of rotatable bonds is 1. The zero-order valence-corrected chi connectivity index (χ0v) is 15.6. The van der Waals surface area contributed by atoms with E-state index >= 15 is 0 Å². The second-order valence-electron chi connectivity index (χ2n) is 5.61. The van der Waals surface area contributed by atoms with E-state index in [9.17, 15) is 10.2 Å². The van der Waals surface area contributed by atoms with Crippen LogP contribution in [0.15, 0.2) is 69.6 Å². The average molecular weight is 444 g/mol. The molecule has 118 valence electrons. The fraction of sp³-hybridized carbons (Fsp3) is 0. The van der Waals surface area contributed by atoms with E-state index in [1.165, 1.54) is 0 Å². The van der Waals surface area contributed by atoms with Crippen molar-refractivity contribution in [3.8, 4) is 22.6 Å². The Morgan fingerprint density at radius 2 is 0.958 bits per heavy atom. The van der Waals surface area contributed by atoms with Crippen LogP contribution in [0, 0.1) is 0 Å². The summed E-state index contributed by atoms with van der Waals surface area (Å²) >= 11 is 7.06. The van der Waals surface area contributed by atoms with Crippen LogP contribution in [-0.2, 0) is 0 Å². The van der Waals surface area contributed by atoms with Gasteiger partial charge in [0.2, 0.25) is 0 Å². The van der Waals surface area contributed by atoms with E-state index in [0.29, 0.717) is 8.95 Å². The summed E-state index contributed by atoms with van der Waals surface area (Å²) in [7, 11) is 0. The van der Waals surface area contributed by atoms with Crippen LogP contribution in [-0.4, -0.2) is 10.2 Å². The van der Waals surface area contributed by atoms with Gasteiger partial charge in [-0.25, -0.2) is 0 Å². The minimum absolute atomic E-state index is 0.169. The summed E-state index contributed by atoms with van der Waals surface area (Å²) in [5, 5.41) is 24.6. The van der Waals surface area contributed by atoms with E-state index in [0.717, 1.165) is 32.7 Å². The summed E-state index contributed by atoms with van der Waals surface area (Å²) in [5.41, 5.74) is 1.70. The molecule has 4 aromatic rings. The third-order valence-corrected chi connectivity index (χ3v) is 5.79. The van der Waals surface area contributed by atoms with Gasteiger partial charge in [-0.1, -0.05) is 48.5 Å². The van der Waals surface area contributed by atoms with Crippen molar-refractivity contribution in [1.29, 1.82) is 0 Å². The Hall–Kier alpha value is -2.04. The molecule has 2 N–H and O–H groups in total. The quantitative estimate of drug-likeness (QED) is 0.348. The van der Waals surface area contributed by atoms with Gasteiger partial charge in [-0.15, -0.1) is 0 Å². The molecular weight excluding hydrogens is 432 g/mol. The molecule has 0 spiro atoms. The molecule has 0 atom stereocenters. The zero-order valence-electron chi connectivity index (χ0n) is 12.4. The highest BCUT2D eigenvalue weighted by atomic mass is 79.9. The highest BCUT2D eigenvalue weighted by molar-refractivity contribution is 9.11. The molecule has 0 saturated carbocycles. The maximum atomic E-state index is 10.4. The van der Waals surface area contributed by atoms with Crippen molar-refractivity contribution in [3.05, 3.63) is 69.6 Å². The standard InChI is InChI=1S/C20H12Br2O2/c21-19-15(23)9-11-5-1-3-7-13(11)17(19)18-14-8-4-2-6-12(14)10-16(24)20(18)22/h1-10,23-24H. The van der Waals surface area contributed by atoms with Gasteiger partial charge in [-0.3, -0.25) is 0 Å². The molecule has 0 aromatic heterocycles. The van der Waals surface area contributed by atoms with E-state index in [4.69, 9.17) is 0 Å². The summed E-state index contributed by atoms with van der Waals surface area (Å²) in [4.78, 5) is 0. The summed E-state index contributed by atoms with van der Waals surface area (Å²) in [6.07, 6.45) is 0. The summed E-state index contributed by atoms with van der Waals surface area (Å²) < 4.78 is 1.22. The number of hydrogen-bond donors (Lipinski definition) is 2. The van der Waals surface area contributed by atoms with Crippen LogP contribution in [0.1, 0.15) is 0 Å². The predicted octanol–water partition coefficient (Wildman–Crippen LogP) is 6.60. The molecule has 0 saturated heterocycles. The molecule has 0 aliphatic heterocycles. The summed E-state index contributed by atoms with van der Waals surface area (Å²) in [6, 6.07) is 19.2. The Morgan fingerprint density at radius 1 is 0.583 bits per heavy atom. The fourth-order valence-corrected chi connectivity index (χ4v) is 4.16. The molecule has 0 aliphatic carbocycles. The Labute approximate surface area is 155 Å². The van der Waals surface area contributed by atoms with Gasteiger partial charge in [0.15, 0.2) is 0 Å². The van der Waals surface area contributed by atoms with E-state index in [1.54, 1.807) is 12.1 Å². The van der Waals surface area contributed by atoms with Crippen molar-refractivity contribution in [2.75, 3.05) is 0 Å². The molecule has 4 aromatic carbocycles. The molecule has 0 fully saturated rings. The Balaban J connectivity index is 2.26. The Bertz CT molecular complexity index is 1010. The number of benzene rings is 4. The molecular formula is C20H12Br2O2. The SMILES string of the molecule is Oc1cc2ccccc2c(-c2c(Br)c(O)cc3ccccc23)c1Br. The lowest BCUT2D eigenvalue weighted by atomic mass is 9.93. The van der Waals surface area contributed by atoms with Crippen LogP contribution in [0.2, 0.25) is 0 Å². The van der Waals surface area contributed by atoms with Gasteiger partial charge in [0.25, 0.3) is 0 Å². The van der Waals surface area contributed by atoms with Crippen LogP contribution < -0.4 is 0 Å². The molecule has 4 rings (SSSR count). The largest absolute Gasteiger partial charge is 0.507 e. The van der Waals surface area contributed by atoms with Gasteiger partial charge in [0.05, 0.1) is 8.95 Å². The smallest absolute Gasteiger partial charge is 0.131 e. The lowest BCUT2D eigenvalue weighted by Gasteiger charge is -2.16.